The summed E-state index contributed by atoms with van der Waals surface area (Å²) in [5.74, 6) is 0.742. The number of hydrogen-bond donors (Lipinski definition) is 2. The zero-order valence-corrected chi connectivity index (χ0v) is 17.0. The molecule has 2 aromatic rings. The number of rotatable bonds is 3. The van der Waals surface area contributed by atoms with Crippen molar-refractivity contribution in [2.24, 2.45) is 0 Å². The van der Waals surface area contributed by atoms with Crippen molar-refractivity contribution in [1.82, 2.24) is 10.3 Å². The number of benzene rings is 1. The highest BCUT2D eigenvalue weighted by Crippen LogP contribution is 2.38. The van der Waals surface area contributed by atoms with Crippen molar-refractivity contribution < 1.29 is 4.79 Å². The summed E-state index contributed by atoms with van der Waals surface area (Å²) in [5, 5.41) is 3.85. The van der Waals surface area contributed by atoms with Gasteiger partial charge in [0.25, 0.3) is 5.56 Å². The Balaban J connectivity index is 0.000000253. The Morgan fingerprint density at radius 2 is 1.78 bits per heavy atom. The minimum atomic E-state index is 0.0388. The Bertz CT molecular complexity index is 890. The Morgan fingerprint density at radius 3 is 2.26 bits per heavy atom. The third kappa shape index (κ3) is 5.14. The number of pyridine rings is 1. The number of amides is 1. The second kappa shape index (κ2) is 8.49. The molecule has 2 heterocycles. The number of aromatic amines is 1. The van der Waals surface area contributed by atoms with Gasteiger partial charge in [-0.25, -0.2) is 0 Å². The van der Waals surface area contributed by atoms with Crippen LogP contribution in [-0.2, 0) is 4.79 Å². The summed E-state index contributed by atoms with van der Waals surface area (Å²) >= 11 is 12.0. The molecule has 1 saturated carbocycles. The zero-order valence-electron chi connectivity index (χ0n) is 15.5. The molecule has 6 heteroatoms. The summed E-state index contributed by atoms with van der Waals surface area (Å²) in [4.78, 5) is 25.4. The third-order valence-corrected chi connectivity index (χ3v) is 5.84. The van der Waals surface area contributed by atoms with Gasteiger partial charge >= 0.3 is 0 Å². The molecule has 0 unspecified atom stereocenters. The number of hydrogen-bond acceptors (Lipinski definition) is 2. The monoisotopic (exact) mass is 406 g/mol. The van der Waals surface area contributed by atoms with Crippen LogP contribution < -0.4 is 10.9 Å². The lowest BCUT2D eigenvalue weighted by molar-refractivity contribution is -0.119. The Labute approximate surface area is 169 Å². The molecule has 1 aliphatic heterocycles. The number of aromatic nitrogens is 1. The summed E-state index contributed by atoms with van der Waals surface area (Å²) in [6, 6.07) is 9.95. The van der Waals surface area contributed by atoms with E-state index in [0.29, 0.717) is 22.0 Å². The SMILES string of the molecule is C[C@H](c1ccc(Cl)c(Cl)c1)c1ccc(C2CC2)c(=O)[nH]1.C[C@H]1CCC(=O)N1. The van der Waals surface area contributed by atoms with E-state index >= 15 is 0 Å². The van der Waals surface area contributed by atoms with Gasteiger partial charge in [0.15, 0.2) is 0 Å². The van der Waals surface area contributed by atoms with Crippen LogP contribution in [0.15, 0.2) is 35.1 Å². The minimum absolute atomic E-state index is 0.0388. The smallest absolute Gasteiger partial charge is 0.251 e. The lowest BCUT2D eigenvalue weighted by atomic mass is 9.96. The highest BCUT2D eigenvalue weighted by molar-refractivity contribution is 6.42. The predicted octanol–water partition coefficient (Wildman–Crippen LogP) is 5.00. The molecule has 0 bridgehead atoms. The highest BCUT2D eigenvalue weighted by atomic mass is 35.5. The molecule has 2 fully saturated rings. The van der Waals surface area contributed by atoms with Crippen LogP contribution in [0.2, 0.25) is 10.0 Å². The first-order chi connectivity index (χ1) is 12.8. The van der Waals surface area contributed by atoms with Gasteiger partial charge in [-0.1, -0.05) is 42.3 Å². The molecule has 1 saturated heterocycles. The number of nitrogens with one attached hydrogen (secondary N) is 2. The molecule has 1 aliphatic carbocycles. The van der Waals surface area contributed by atoms with E-state index in [-0.39, 0.29) is 17.4 Å². The van der Waals surface area contributed by atoms with Crippen molar-refractivity contribution in [3.8, 4) is 0 Å². The van der Waals surface area contributed by atoms with Gasteiger partial charge in [0.1, 0.15) is 0 Å². The lowest BCUT2D eigenvalue weighted by Crippen LogP contribution is -2.21. The Hall–Kier alpha value is -1.78. The van der Waals surface area contributed by atoms with Gasteiger partial charge in [-0.15, -0.1) is 0 Å². The fourth-order valence-corrected chi connectivity index (χ4v) is 3.50. The van der Waals surface area contributed by atoms with Crippen molar-refractivity contribution in [2.75, 3.05) is 0 Å². The van der Waals surface area contributed by atoms with Gasteiger partial charge in [-0.3, -0.25) is 9.59 Å². The second-order valence-corrected chi connectivity index (χ2v) is 8.19. The molecule has 4 nitrogen and oxygen atoms in total. The molecule has 27 heavy (non-hydrogen) atoms. The van der Waals surface area contributed by atoms with Crippen molar-refractivity contribution in [3.63, 3.8) is 0 Å². The molecule has 1 aromatic carbocycles. The summed E-state index contributed by atoms with van der Waals surface area (Å²) in [7, 11) is 0. The van der Waals surface area contributed by atoms with Crippen LogP contribution in [-0.4, -0.2) is 16.9 Å². The summed E-state index contributed by atoms with van der Waals surface area (Å²) < 4.78 is 0. The van der Waals surface area contributed by atoms with E-state index in [1.165, 1.54) is 0 Å². The quantitative estimate of drug-likeness (QED) is 0.753. The molecule has 0 radical (unpaired) electrons. The summed E-state index contributed by atoms with van der Waals surface area (Å²) in [5.41, 5.74) is 2.89. The molecule has 2 atom stereocenters. The fourth-order valence-electron chi connectivity index (χ4n) is 3.20. The first-order valence-electron chi connectivity index (χ1n) is 9.32. The number of H-pyrrole nitrogens is 1. The fraction of sp³-hybridized carbons (Fsp3) is 0.429. The second-order valence-electron chi connectivity index (χ2n) is 7.37. The maximum absolute atomic E-state index is 12.1. The molecule has 144 valence electrons. The Kier molecular flexibility index (Phi) is 6.28. The van der Waals surface area contributed by atoms with Crippen molar-refractivity contribution >= 4 is 29.1 Å². The van der Waals surface area contributed by atoms with Gasteiger partial charge in [-0.05, 0) is 55.9 Å². The van der Waals surface area contributed by atoms with E-state index in [4.69, 9.17) is 23.2 Å². The van der Waals surface area contributed by atoms with Crippen molar-refractivity contribution in [1.29, 1.82) is 0 Å². The molecular weight excluding hydrogens is 383 g/mol. The lowest BCUT2D eigenvalue weighted by Gasteiger charge is -2.13. The van der Waals surface area contributed by atoms with Crippen LogP contribution >= 0.6 is 23.2 Å². The number of halogens is 2. The average molecular weight is 407 g/mol. The normalized spacial score (nSPS) is 19.9. The maximum Gasteiger partial charge on any atom is 0.251 e. The van der Waals surface area contributed by atoms with E-state index < -0.39 is 0 Å². The van der Waals surface area contributed by atoms with Crippen molar-refractivity contribution in [2.45, 2.75) is 57.4 Å². The molecule has 1 amide bonds. The molecule has 2 N–H and O–H groups in total. The standard InChI is InChI=1S/C16H15Cl2NO.C5H9NO/c1-9(11-4-6-13(17)14(18)8-11)15-7-5-12(10-2-3-10)16(20)19-15;1-4-2-3-5(7)6-4/h4-10H,2-3H2,1H3,(H,19,20);4H,2-3H2,1H3,(H,6,7)/t9-;4-/m10/s1. The number of carbonyl (C=O) groups is 1. The summed E-state index contributed by atoms with van der Waals surface area (Å²) in [6.45, 7) is 4.06. The minimum Gasteiger partial charge on any atom is -0.354 e. The zero-order chi connectivity index (χ0) is 19.6. The highest BCUT2D eigenvalue weighted by Gasteiger charge is 2.26. The molecular formula is C21H24Cl2N2O2. The molecule has 2 aliphatic rings. The Morgan fingerprint density at radius 1 is 1.04 bits per heavy atom. The van der Waals surface area contributed by atoms with E-state index in [2.05, 4.69) is 10.3 Å². The number of carbonyl (C=O) groups excluding carboxylic acids is 1. The van der Waals surface area contributed by atoms with Gasteiger partial charge < -0.3 is 10.3 Å². The van der Waals surface area contributed by atoms with Crippen LogP contribution in [0.5, 0.6) is 0 Å². The largest absolute Gasteiger partial charge is 0.354 e. The van der Waals surface area contributed by atoms with Crippen LogP contribution in [0, 0.1) is 0 Å². The average Bonchev–Trinajstić information content (AvgIpc) is 3.40. The molecule has 1 aromatic heterocycles. The van der Waals surface area contributed by atoms with Gasteiger partial charge in [0.05, 0.1) is 10.0 Å². The summed E-state index contributed by atoms with van der Waals surface area (Å²) in [6.07, 6.45) is 4.00. The van der Waals surface area contributed by atoms with Crippen LogP contribution in [0.1, 0.15) is 68.2 Å². The van der Waals surface area contributed by atoms with Crippen molar-refractivity contribution in [3.05, 3.63) is 67.6 Å². The van der Waals surface area contributed by atoms with Crippen LogP contribution in [0.4, 0.5) is 0 Å². The van der Waals surface area contributed by atoms with Gasteiger partial charge in [0, 0.05) is 29.6 Å². The van der Waals surface area contributed by atoms with E-state index in [9.17, 15) is 9.59 Å². The van der Waals surface area contributed by atoms with E-state index in [1.54, 1.807) is 6.07 Å². The van der Waals surface area contributed by atoms with Crippen LogP contribution in [0.25, 0.3) is 0 Å². The molecule has 4 rings (SSSR count). The van der Waals surface area contributed by atoms with Gasteiger partial charge in [0.2, 0.25) is 5.91 Å². The van der Waals surface area contributed by atoms with E-state index in [0.717, 1.165) is 42.5 Å². The third-order valence-electron chi connectivity index (χ3n) is 5.10. The topological polar surface area (TPSA) is 62.0 Å². The first kappa shape index (κ1) is 20.0. The predicted molar refractivity (Wildman–Crippen MR) is 110 cm³/mol. The van der Waals surface area contributed by atoms with Crippen LogP contribution in [0.3, 0.4) is 0 Å². The molecule has 0 spiro atoms. The van der Waals surface area contributed by atoms with E-state index in [1.807, 2.05) is 38.1 Å². The first-order valence-corrected chi connectivity index (χ1v) is 10.1. The van der Waals surface area contributed by atoms with Gasteiger partial charge in [-0.2, -0.15) is 0 Å². The maximum atomic E-state index is 12.1.